The lowest BCUT2D eigenvalue weighted by atomic mass is 10.1. The minimum atomic E-state index is -0.300. The number of nitrogens with one attached hydrogen (secondary N) is 1. The molecule has 1 aromatic carbocycles. The van der Waals surface area contributed by atoms with Crippen molar-refractivity contribution in [2.45, 2.75) is 38.6 Å². The second-order valence-corrected chi connectivity index (χ2v) is 5.38. The Kier molecular flexibility index (Phi) is 7.67. The molecule has 0 aliphatic heterocycles. The smallest absolute Gasteiger partial charge is 0.220 e. The number of nitrogens with two attached hydrogens (primary N) is 1. The molecule has 0 atom stereocenters. The lowest BCUT2D eigenvalue weighted by Gasteiger charge is -2.07. The van der Waals surface area contributed by atoms with Crippen molar-refractivity contribution in [1.29, 1.82) is 0 Å². The van der Waals surface area contributed by atoms with Crippen molar-refractivity contribution in [3.8, 4) is 0 Å². The van der Waals surface area contributed by atoms with Gasteiger partial charge in [-0.25, -0.2) is 4.39 Å². The van der Waals surface area contributed by atoms with E-state index in [-0.39, 0.29) is 18.3 Å². The van der Waals surface area contributed by atoms with Crippen LogP contribution in [0.1, 0.15) is 37.7 Å². The van der Waals surface area contributed by atoms with Gasteiger partial charge < -0.3 is 11.1 Å². The summed E-state index contributed by atoms with van der Waals surface area (Å²) < 4.78 is 14.2. The van der Waals surface area contributed by atoms with Gasteiger partial charge in [0.15, 0.2) is 0 Å². The SMILES string of the molecule is NCCCCCCC(=O)NCc1cc(Br)ccc1F. The molecule has 3 N–H and O–H groups in total. The summed E-state index contributed by atoms with van der Waals surface area (Å²) in [5.74, 6) is -0.335. The lowest BCUT2D eigenvalue weighted by molar-refractivity contribution is -0.121. The first kappa shape index (κ1) is 16.1. The zero-order valence-corrected chi connectivity index (χ0v) is 12.5. The number of rotatable bonds is 8. The predicted molar refractivity (Wildman–Crippen MR) is 78.1 cm³/mol. The topological polar surface area (TPSA) is 55.1 Å². The summed E-state index contributed by atoms with van der Waals surface area (Å²) in [5.41, 5.74) is 5.88. The molecule has 19 heavy (non-hydrogen) atoms. The Labute approximate surface area is 121 Å². The number of hydrogen-bond acceptors (Lipinski definition) is 2. The third-order valence-electron chi connectivity index (χ3n) is 2.84. The third kappa shape index (κ3) is 6.68. The predicted octanol–water partition coefficient (Wildman–Crippen LogP) is 3.11. The second kappa shape index (κ2) is 9.04. The van der Waals surface area contributed by atoms with E-state index in [9.17, 15) is 9.18 Å². The van der Waals surface area contributed by atoms with Gasteiger partial charge >= 0.3 is 0 Å². The Morgan fingerprint density at radius 3 is 2.74 bits per heavy atom. The van der Waals surface area contributed by atoms with Crippen LogP contribution in [0, 0.1) is 5.82 Å². The van der Waals surface area contributed by atoms with E-state index in [1.807, 2.05) is 0 Å². The number of carbonyl (C=O) groups is 1. The van der Waals surface area contributed by atoms with Gasteiger partial charge in [-0.3, -0.25) is 4.79 Å². The molecule has 0 heterocycles. The van der Waals surface area contributed by atoms with Crippen LogP contribution in [-0.2, 0) is 11.3 Å². The lowest BCUT2D eigenvalue weighted by Crippen LogP contribution is -2.22. The van der Waals surface area contributed by atoms with Crippen molar-refractivity contribution in [3.05, 3.63) is 34.1 Å². The monoisotopic (exact) mass is 330 g/mol. The van der Waals surface area contributed by atoms with Gasteiger partial charge in [-0.1, -0.05) is 28.8 Å². The highest BCUT2D eigenvalue weighted by atomic mass is 79.9. The van der Waals surface area contributed by atoms with Gasteiger partial charge in [0.05, 0.1) is 0 Å². The van der Waals surface area contributed by atoms with Crippen molar-refractivity contribution < 1.29 is 9.18 Å². The molecule has 1 aromatic rings. The van der Waals surface area contributed by atoms with Crippen LogP contribution < -0.4 is 11.1 Å². The Hall–Kier alpha value is -0.940. The molecular formula is C14H20BrFN2O. The Morgan fingerprint density at radius 2 is 2.00 bits per heavy atom. The highest BCUT2D eigenvalue weighted by Crippen LogP contribution is 2.15. The van der Waals surface area contributed by atoms with Crippen LogP contribution in [0.3, 0.4) is 0 Å². The minimum Gasteiger partial charge on any atom is -0.352 e. The molecule has 0 fully saturated rings. The van der Waals surface area contributed by atoms with E-state index in [0.29, 0.717) is 18.5 Å². The third-order valence-corrected chi connectivity index (χ3v) is 3.33. The van der Waals surface area contributed by atoms with E-state index in [1.54, 1.807) is 12.1 Å². The van der Waals surface area contributed by atoms with Crippen LogP contribution in [-0.4, -0.2) is 12.5 Å². The van der Waals surface area contributed by atoms with Gasteiger partial charge in [0.25, 0.3) is 0 Å². The first-order valence-electron chi connectivity index (χ1n) is 6.54. The normalized spacial score (nSPS) is 10.5. The van der Waals surface area contributed by atoms with E-state index in [1.165, 1.54) is 6.07 Å². The van der Waals surface area contributed by atoms with E-state index >= 15 is 0 Å². The molecule has 0 spiro atoms. The summed E-state index contributed by atoms with van der Waals surface area (Å²) >= 11 is 3.28. The summed E-state index contributed by atoms with van der Waals surface area (Å²) in [4.78, 5) is 11.6. The van der Waals surface area contributed by atoms with Gasteiger partial charge in [-0.15, -0.1) is 0 Å². The summed E-state index contributed by atoms with van der Waals surface area (Å²) in [7, 11) is 0. The summed E-state index contributed by atoms with van der Waals surface area (Å²) in [6, 6.07) is 4.70. The highest BCUT2D eigenvalue weighted by molar-refractivity contribution is 9.10. The molecule has 3 nitrogen and oxygen atoms in total. The van der Waals surface area contributed by atoms with Gasteiger partial charge in [0, 0.05) is 23.0 Å². The first-order chi connectivity index (χ1) is 9.13. The molecule has 0 aliphatic carbocycles. The van der Waals surface area contributed by atoms with E-state index in [0.717, 1.165) is 30.2 Å². The number of halogens is 2. The molecule has 1 rings (SSSR count). The molecular weight excluding hydrogens is 311 g/mol. The van der Waals surface area contributed by atoms with Crippen LogP contribution in [0.5, 0.6) is 0 Å². The van der Waals surface area contributed by atoms with Gasteiger partial charge in [0.1, 0.15) is 5.82 Å². The van der Waals surface area contributed by atoms with Crippen LogP contribution >= 0.6 is 15.9 Å². The van der Waals surface area contributed by atoms with Crippen molar-refractivity contribution in [2.75, 3.05) is 6.54 Å². The van der Waals surface area contributed by atoms with E-state index < -0.39 is 0 Å². The number of amides is 1. The Balaban J connectivity index is 2.24. The number of benzene rings is 1. The fraction of sp³-hybridized carbons (Fsp3) is 0.500. The molecule has 0 radical (unpaired) electrons. The second-order valence-electron chi connectivity index (χ2n) is 4.47. The van der Waals surface area contributed by atoms with Crippen molar-refractivity contribution in [2.24, 2.45) is 5.73 Å². The zero-order valence-electron chi connectivity index (χ0n) is 10.9. The average Bonchev–Trinajstić information content (AvgIpc) is 2.39. The fourth-order valence-electron chi connectivity index (χ4n) is 1.74. The van der Waals surface area contributed by atoms with Crippen LogP contribution in [0.4, 0.5) is 4.39 Å². The van der Waals surface area contributed by atoms with Gasteiger partial charge in [-0.05, 0) is 37.6 Å². The maximum absolute atomic E-state index is 13.4. The molecule has 1 amide bonds. The summed E-state index contributed by atoms with van der Waals surface area (Å²) in [5, 5.41) is 2.73. The van der Waals surface area contributed by atoms with Crippen molar-refractivity contribution in [1.82, 2.24) is 5.32 Å². The number of unbranched alkanes of at least 4 members (excludes halogenated alkanes) is 3. The van der Waals surface area contributed by atoms with Gasteiger partial charge in [-0.2, -0.15) is 0 Å². The largest absolute Gasteiger partial charge is 0.352 e. The van der Waals surface area contributed by atoms with Crippen molar-refractivity contribution >= 4 is 21.8 Å². The van der Waals surface area contributed by atoms with Crippen LogP contribution in [0.2, 0.25) is 0 Å². The zero-order chi connectivity index (χ0) is 14.1. The highest BCUT2D eigenvalue weighted by Gasteiger charge is 2.05. The number of hydrogen-bond donors (Lipinski definition) is 2. The van der Waals surface area contributed by atoms with Crippen LogP contribution in [0.25, 0.3) is 0 Å². The average molecular weight is 331 g/mol. The quantitative estimate of drug-likeness (QED) is 0.719. The van der Waals surface area contributed by atoms with Crippen molar-refractivity contribution in [3.63, 3.8) is 0 Å². The van der Waals surface area contributed by atoms with Gasteiger partial charge in [0.2, 0.25) is 5.91 Å². The standard InChI is InChI=1S/C14H20BrFN2O/c15-12-6-7-13(16)11(9-12)10-18-14(19)5-3-1-2-4-8-17/h6-7,9H,1-5,8,10,17H2,(H,18,19). The van der Waals surface area contributed by atoms with Crippen LogP contribution in [0.15, 0.2) is 22.7 Å². The molecule has 0 saturated heterocycles. The molecule has 0 aromatic heterocycles. The Morgan fingerprint density at radius 1 is 1.26 bits per heavy atom. The van der Waals surface area contributed by atoms with E-state index in [4.69, 9.17) is 5.73 Å². The molecule has 0 saturated carbocycles. The maximum atomic E-state index is 13.4. The minimum absolute atomic E-state index is 0.0351. The summed E-state index contributed by atoms with van der Waals surface area (Å²) in [6.45, 7) is 0.932. The first-order valence-corrected chi connectivity index (χ1v) is 7.33. The molecule has 5 heteroatoms. The Bertz CT molecular complexity index is 412. The molecule has 0 aliphatic rings. The summed E-state index contributed by atoms with van der Waals surface area (Å²) in [6.07, 6.45) is 4.41. The number of carbonyl (C=O) groups excluding carboxylic acids is 1. The van der Waals surface area contributed by atoms with E-state index in [2.05, 4.69) is 21.2 Å². The molecule has 106 valence electrons. The maximum Gasteiger partial charge on any atom is 0.220 e. The molecule has 0 unspecified atom stereocenters. The molecule has 0 bridgehead atoms. The fourth-order valence-corrected chi connectivity index (χ4v) is 2.15.